The van der Waals surface area contributed by atoms with E-state index in [9.17, 15) is 0 Å². The maximum atomic E-state index is 2.50. The number of para-hydroxylation sites is 1. The number of allylic oxidation sites excluding steroid dienone is 4. The number of anilines is 2. The van der Waals surface area contributed by atoms with E-state index in [4.69, 9.17) is 0 Å². The van der Waals surface area contributed by atoms with E-state index in [1.807, 2.05) is 0 Å². The van der Waals surface area contributed by atoms with Crippen molar-refractivity contribution in [1.29, 1.82) is 0 Å². The van der Waals surface area contributed by atoms with Gasteiger partial charge in [-0.05, 0) is 82.5 Å². The zero-order valence-electron chi connectivity index (χ0n) is 26.9. The Morgan fingerprint density at radius 1 is 0.625 bits per heavy atom. The number of rotatable bonds is 4. The molecule has 0 radical (unpaired) electrons. The molecule has 0 saturated heterocycles. The molecule has 0 N–H and O–H groups in total. The molecule has 7 aromatic carbocycles. The molecular formula is C46H34N2. The molecular weight excluding hydrogens is 581 g/mol. The van der Waals surface area contributed by atoms with Crippen molar-refractivity contribution in [2.24, 2.45) is 0 Å². The molecule has 0 atom stereocenters. The highest BCUT2D eigenvalue weighted by molar-refractivity contribution is 6.23. The largest absolute Gasteiger partial charge is 0.343 e. The standard InChI is InChI=1S/C46H34N2/c1-47(46-38-23-13-10-18-33(38)27-34-26-32-17-9-12-22-37(32)44(34)46)42-29-40-43(28-39(42)30-14-4-2-5-15-30)48(35-19-6-3-7-20-35)41-25-24-31-16-8-11-21-36(31)45(40)41/h2-8,10-16,18-25,27-29H,9,17,26H2,1H3. The Kier molecular flexibility index (Phi) is 6.01. The fraction of sp³-hybridized carbons (Fsp3) is 0.0870. The average Bonchev–Trinajstić information content (AvgIpc) is 3.69. The van der Waals surface area contributed by atoms with Gasteiger partial charge in [0.25, 0.3) is 0 Å². The molecule has 0 fully saturated rings. The minimum atomic E-state index is 1.04. The number of nitrogens with zero attached hydrogens (tertiary/aromatic N) is 2. The van der Waals surface area contributed by atoms with Gasteiger partial charge in [0.05, 0.1) is 16.7 Å². The molecule has 0 unspecified atom stereocenters. The molecule has 1 aromatic heterocycles. The van der Waals surface area contributed by atoms with Gasteiger partial charge in [-0.25, -0.2) is 0 Å². The molecule has 0 aliphatic heterocycles. The summed E-state index contributed by atoms with van der Waals surface area (Å²) in [6.07, 6.45) is 8.07. The van der Waals surface area contributed by atoms with Crippen molar-refractivity contribution in [3.63, 3.8) is 0 Å². The van der Waals surface area contributed by atoms with Crippen LogP contribution in [0.25, 0.3) is 65.7 Å². The van der Waals surface area contributed by atoms with Crippen molar-refractivity contribution < 1.29 is 0 Å². The summed E-state index contributed by atoms with van der Waals surface area (Å²) < 4.78 is 2.45. The molecule has 2 aliphatic rings. The van der Waals surface area contributed by atoms with E-state index in [0.717, 1.165) is 19.3 Å². The first-order chi connectivity index (χ1) is 23.7. The topological polar surface area (TPSA) is 8.17 Å². The molecule has 0 spiro atoms. The summed E-state index contributed by atoms with van der Waals surface area (Å²) in [6, 6.07) is 51.4. The number of fused-ring (bicyclic) bond motifs is 8. The third-order valence-corrected chi connectivity index (χ3v) is 10.6. The van der Waals surface area contributed by atoms with Crippen LogP contribution in [0.5, 0.6) is 0 Å². The third-order valence-electron chi connectivity index (χ3n) is 10.6. The maximum absolute atomic E-state index is 2.50. The van der Waals surface area contributed by atoms with Crippen molar-refractivity contribution in [3.8, 4) is 16.8 Å². The summed E-state index contributed by atoms with van der Waals surface area (Å²) in [5, 5.41) is 7.70. The lowest BCUT2D eigenvalue weighted by Crippen LogP contribution is -2.14. The summed E-state index contributed by atoms with van der Waals surface area (Å²) in [5.74, 6) is 0. The molecule has 2 aliphatic carbocycles. The molecule has 0 bridgehead atoms. The fourth-order valence-corrected chi connectivity index (χ4v) is 8.48. The van der Waals surface area contributed by atoms with E-state index in [2.05, 4.69) is 168 Å². The summed E-state index contributed by atoms with van der Waals surface area (Å²) in [6.45, 7) is 0. The van der Waals surface area contributed by atoms with E-state index in [-0.39, 0.29) is 0 Å². The molecule has 48 heavy (non-hydrogen) atoms. The lowest BCUT2D eigenvalue weighted by atomic mass is 9.93. The number of hydrogen-bond acceptors (Lipinski definition) is 1. The predicted molar refractivity (Wildman–Crippen MR) is 205 cm³/mol. The minimum absolute atomic E-state index is 1.04. The van der Waals surface area contributed by atoms with Crippen molar-refractivity contribution in [2.75, 3.05) is 11.9 Å². The number of benzene rings is 7. The van der Waals surface area contributed by atoms with Crippen LogP contribution in [0.1, 0.15) is 24.0 Å². The molecule has 2 heteroatoms. The monoisotopic (exact) mass is 614 g/mol. The van der Waals surface area contributed by atoms with Gasteiger partial charge < -0.3 is 9.47 Å². The highest BCUT2D eigenvalue weighted by Crippen LogP contribution is 2.50. The van der Waals surface area contributed by atoms with Crippen LogP contribution in [0, 0.1) is 0 Å². The van der Waals surface area contributed by atoms with Crippen molar-refractivity contribution in [3.05, 3.63) is 168 Å². The fourth-order valence-electron chi connectivity index (χ4n) is 8.48. The smallest absolute Gasteiger partial charge is 0.0570 e. The van der Waals surface area contributed by atoms with E-state index in [0.29, 0.717) is 0 Å². The second-order valence-electron chi connectivity index (χ2n) is 13.3. The van der Waals surface area contributed by atoms with Crippen molar-refractivity contribution >= 4 is 60.3 Å². The SMILES string of the molecule is CN(c1cc2c3c4ccccc4ccc3n(-c3ccccc3)c2cc1-c1ccccc1)c1c2c(cc3ccccc13)CC1=C2C=CCC1. The van der Waals surface area contributed by atoms with Gasteiger partial charge in [0.2, 0.25) is 0 Å². The first-order valence-electron chi connectivity index (χ1n) is 17.0. The molecule has 8 aromatic rings. The van der Waals surface area contributed by atoms with Gasteiger partial charge in [0.1, 0.15) is 0 Å². The highest BCUT2D eigenvalue weighted by atomic mass is 15.1. The minimum Gasteiger partial charge on any atom is -0.343 e. The van der Waals surface area contributed by atoms with Gasteiger partial charge in [0, 0.05) is 45.7 Å². The van der Waals surface area contributed by atoms with Crippen molar-refractivity contribution in [1.82, 2.24) is 4.57 Å². The lowest BCUT2D eigenvalue weighted by Gasteiger charge is -2.28. The second kappa shape index (κ2) is 10.6. The van der Waals surface area contributed by atoms with Crippen LogP contribution < -0.4 is 4.90 Å². The van der Waals surface area contributed by atoms with Gasteiger partial charge in [-0.1, -0.05) is 127 Å². The summed E-state index contributed by atoms with van der Waals surface area (Å²) in [7, 11) is 2.29. The Balaban J connectivity index is 1.34. The van der Waals surface area contributed by atoms with Crippen LogP contribution in [-0.4, -0.2) is 11.6 Å². The van der Waals surface area contributed by atoms with Crippen LogP contribution in [0.4, 0.5) is 11.4 Å². The number of aromatic nitrogens is 1. The zero-order chi connectivity index (χ0) is 31.8. The van der Waals surface area contributed by atoms with Gasteiger partial charge in [-0.2, -0.15) is 0 Å². The lowest BCUT2D eigenvalue weighted by molar-refractivity contribution is 0.935. The van der Waals surface area contributed by atoms with Crippen LogP contribution in [0.3, 0.4) is 0 Å². The van der Waals surface area contributed by atoms with Crippen LogP contribution in [-0.2, 0) is 6.42 Å². The van der Waals surface area contributed by atoms with Crippen LogP contribution in [0.15, 0.2) is 157 Å². The summed E-state index contributed by atoms with van der Waals surface area (Å²) >= 11 is 0. The molecule has 10 rings (SSSR count). The van der Waals surface area contributed by atoms with E-state index < -0.39 is 0 Å². The summed E-state index contributed by atoms with van der Waals surface area (Å²) in [5.41, 5.74) is 14.4. The van der Waals surface area contributed by atoms with Gasteiger partial charge in [0.15, 0.2) is 0 Å². The Bertz CT molecular complexity index is 2640. The van der Waals surface area contributed by atoms with Gasteiger partial charge in [-0.15, -0.1) is 0 Å². The Labute approximate surface area is 280 Å². The van der Waals surface area contributed by atoms with Gasteiger partial charge in [-0.3, -0.25) is 0 Å². The van der Waals surface area contributed by atoms with Crippen molar-refractivity contribution in [2.45, 2.75) is 19.3 Å². The zero-order valence-corrected chi connectivity index (χ0v) is 26.9. The Hall–Kier alpha value is -5.86. The quantitative estimate of drug-likeness (QED) is 0.191. The molecule has 228 valence electrons. The third kappa shape index (κ3) is 3.99. The summed E-state index contributed by atoms with van der Waals surface area (Å²) in [4.78, 5) is 2.50. The van der Waals surface area contributed by atoms with Gasteiger partial charge >= 0.3 is 0 Å². The molecule has 0 saturated carbocycles. The Morgan fingerprint density at radius 3 is 2.19 bits per heavy atom. The predicted octanol–water partition coefficient (Wildman–Crippen LogP) is 12.2. The van der Waals surface area contributed by atoms with E-state index in [1.54, 1.807) is 5.57 Å². The van der Waals surface area contributed by atoms with Crippen LogP contribution >= 0.6 is 0 Å². The van der Waals surface area contributed by atoms with E-state index >= 15 is 0 Å². The second-order valence-corrected chi connectivity index (χ2v) is 13.3. The maximum Gasteiger partial charge on any atom is 0.0570 e. The molecule has 0 amide bonds. The normalized spacial score (nSPS) is 13.9. The first-order valence-corrected chi connectivity index (χ1v) is 17.0. The molecule has 2 nitrogen and oxygen atoms in total. The first kappa shape index (κ1) is 27.3. The number of hydrogen-bond donors (Lipinski definition) is 0. The van der Waals surface area contributed by atoms with E-state index in [1.165, 1.54) is 88.2 Å². The molecule has 1 heterocycles. The Morgan fingerprint density at radius 2 is 1.35 bits per heavy atom. The highest BCUT2D eigenvalue weighted by Gasteiger charge is 2.29. The average molecular weight is 615 g/mol. The van der Waals surface area contributed by atoms with Crippen LogP contribution in [0.2, 0.25) is 0 Å².